The molecule has 0 aliphatic carbocycles. The second-order valence-corrected chi connectivity index (χ2v) is 4.15. The monoisotopic (exact) mass is 274 g/mol. The Labute approximate surface area is 122 Å². The van der Waals surface area contributed by atoms with E-state index in [2.05, 4.69) is 17.9 Å². The average Bonchev–Trinajstić information content (AvgIpc) is 2.43. The molecule has 0 fully saturated rings. The van der Waals surface area contributed by atoms with Gasteiger partial charge in [-0.2, -0.15) is 0 Å². The molecular formula is C17H22O3. The number of carbonyl (C=O) groups excluding carboxylic acids is 1. The highest BCUT2D eigenvalue weighted by Gasteiger charge is 1.95. The highest BCUT2D eigenvalue weighted by Crippen LogP contribution is 2.03. The van der Waals surface area contributed by atoms with Gasteiger partial charge in [0.2, 0.25) is 0 Å². The predicted molar refractivity (Wildman–Crippen MR) is 80.6 cm³/mol. The summed E-state index contributed by atoms with van der Waals surface area (Å²) in [7, 11) is 0. The van der Waals surface area contributed by atoms with Crippen molar-refractivity contribution in [1.82, 2.24) is 0 Å². The van der Waals surface area contributed by atoms with E-state index in [1.54, 1.807) is 6.92 Å². The summed E-state index contributed by atoms with van der Waals surface area (Å²) in [6.45, 7) is 4.30. The van der Waals surface area contributed by atoms with Crippen molar-refractivity contribution in [2.45, 2.75) is 39.5 Å². The lowest BCUT2D eigenvalue weighted by molar-refractivity contribution is -0.136. The molecule has 0 radical (unpaired) electrons. The number of rotatable bonds is 9. The normalized spacial score (nSPS) is 10.6. The summed E-state index contributed by atoms with van der Waals surface area (Å²) in [5.41, 5.74) is 0.855. The third-order valence-electron chi connectivity index (χ3n) is 2.32. The summed E-state index contributed by atoms with van der Waals surface area (Å²) in [5.74, 6) is 4.53. The lowest BCUT2D eigenvalue weighted by Gasteiger charge is -1.98. The Hall–Kier alpha value is -2.13. The summed E-state index contributed by atoms with van der Waals surface area (Å²) in [5, 5.41) is 0. The van der Waals surface area contributed by atoms with Crippen LogP contribution in [0.1, 0.15) is 39.5 Å². The maximum absolute atomic E-state index is 11.2. The van der Waals surface area contributed by atoms with Crippen LogP contribution in [0.2, 0.25) is 0 Å². The van der Waals surface area contributed by atoms with E-state index in [0.717, 1.165) is 31.3 Å². The van der Waals surface area contributed by atoms with Gasteiger partial charge >= 0.3 is 5.97 Å². The highest BCUT2D eigenvalue weighted by atomic mass is 16.5. The fourth-order valence-electron chi connectivity index (χ4n) is 1.39. The minimum Gasteiger partial charge on any atom is -0.449 e. The van der Waals surface area contributed by atoms with Gasteiger partial charge < -0.3 is 9.47 Å². The molecule has 3 heteroatoms. The number of unbranched alkanes of at least 4 members (excludes halogenated alkanes) is 3. The first kappa shape index (κ1) is 17.9. The minimum atomic E-state index is -0.403. The smallest absolute Gasteiger partial charge is 0.331 e. The third kappa shape index (κ3) is 12.3. The van der Waals surface area contributed by atoms with Crippen LogP contribution in [0.4, 0.5) is 0 Å². The Morgan fingerprint density at radius 2 is 2.10 bits per heavy atom. The van der Waals surface area contributed by atoms with Gasteiger partial charge in [0.15, 0.2) is 6.61 Å². The molecular weight excluding hydrogens is 252 g/mol. The molecule has 0 rings (SSSR count). The summed E-state index contributed by atoms with van der Waals surface area (Å²) in [6.07, 6.45) is 17.1. The van der Waals surface area contributed by atoms with Crippen molar-refractivity contribution in [3.8, 4) is 24.4 Å². The van der Waals surface area contributed by atoms with Crippen molar-refractivity contribution in [3.63, 3.8) is 0 Å². The van der Waals surface area contributed by atoms with Crippen molar-refractivity contribution in [2.24, 2.45) is 0 Å². The van der Waals surface area contributed by atoms with Crippen LogP contribution in [0.15, 0.2) is 23.8 Å². The van der Waals surface area contributed by atoms with Crippen LogP contribution in [0.5, 0.6) is 0 Å². The highest BCUT2D eigenvalue weighted by molar-refractivity contribution is 5.83. The topological polar surface area (TPSA) is 35.5 Å². The van der Waals surface area contributed by atoms with E-state index < -0.39 is 5.97 Å². The van der Waals surface area contributed by atoms with Crippen molar-refractivity contribution in [1.29, 1.82) is 0 Å². The molecule has 0 aromatic heterocycles. The van der Waals surface area contributed by atoms with Crippen LogP contribution < -0.4 is 0 Å². The van der Waals surface area contributed by atoms with E-state index in [1.165, 1.54) is 6.08 Å². The molecule has 0 aromatic carbocycles. The van der Waals surface area contributed by atoms with Gasteiger partial charge in [-0.25, -0.2) is 4.79 Å². The Morgan fingerprint density at radius 1 is 1.30 bits per heavy atom. The Bertz CT molecular complexity index is 427. The molecule has 0 aromatic rings. The van der Waals surface area contributed by atoms with E-state index in [1.807, 2.05) is 19.1 Å². The largest absolute Gasteiger partial charge is 0.449 e. The Balaban J connectivity index is 3.67. The Morgan fingerprint density at radius 3 is 2.80 bits per heavy atom. The van der Waals surface area contributed by atoms with Gasteiger partial charge in [0.1, 0.15) is 12.7 Å². The van der Waals surface area contributed by atoms with Gasteiger partial charge in [-0.3, -0.25) is 0 Å². The fourth-order valence-corrected chi connectivity index (χ4v) is 1.39. The molecule has 0 spiro atoms. The van der Waals surface area contributed by atoms with Gasteiger partial charge in [0.05, 0.1) is 0 Å². The van der Waals surface area contributed by atoms with Crippen LogP contribution in [0.25, 0.3) is 0 Å². The summed E-state index contributed by atoms with van der Waals surface area (Å²) in [6, 6.07) is 0. The molecule has 0 unspecified atom stereocenters. The van der Waals surface area contributed by atoms with Crippen LogP contribution in [0, 0.1) is 24.4 Å². The van der Waals surface area contributed by atoms with Gasteiger partial charge in [-0.15, -0.1) is 6.42 Å². The minimum absolute atomic E-state index is 0.0107. The van der Waals surface area contributed by atoms with E-state index >= 15 is 0 Å². The number of esters is 1. The summed E-state index contributed by atoms with van der Waals surface area (Å²) < 4.78 is 9.79. The van der Waals surface area contributed by atoms with Gasteiger partial charge in [0.25, 0.3) is 0 Å². The lowest BCUT2D eigenvalue weighted by Crippen LogP contribution is -2.00. The number of ether oxygens (including phenoxy) is 2. The van der Waals surface area contributed by atoms with E-state index in [-0.39, 0.29) is 6.61 Å². The van der Waals surface area contributed by atoms with Gasteiger partial charge in [-0.05, 0) is 38.2 Å². The molecule has 0 saturated carbocycles. The second-order valence-electron chi connectivity index (χ2n) is 4.15. The summed E-state index contributed by atoms with van der Waals surface area (Å²) in [4.78, 5) is 11.2. The number of terminal acetylenes is 1. The first-order chi connectivity index (χ1) is 9.70. The van der Waals surface area contributed by atoms with E-state index in [4.69, 9.17) is 15.9 Å². The van der Waals surface area contributed by atoms with Crippen molar-refractivity contribution >= 4 is 5.97 Å². The van der Waals surface area contributed by atoms with E-state index in [0.29, 0.717) is 6.61 Å². The zero-order valence-electron chi connectivity index (χ0n) is 12.3. The summed E-state index contributed by atoms with van der Waals surface area (Å²) >= 11 is 0. The van der Waals surface area contributed by atoms with E-state index in [9.17, 15) is 4.79 Å². The zero-order valence-corrected chi connectivity index (χ0v) is 12.3. The molecule has 0 atom stereocenters. The Kier molecular flexibility index (Phi) is 11.9. The van der Waals surface area contributed by atoms with Gasteiger partial charge in [-0.1, -0.05) is 24.0 Å². The molecule has 3 nitrogen and oxygen atoms in total. The van der Waals surface area contributed by atoms with Crippen LogP contribution in [0.3, 0.4) is 0 Å². The zero-order chi connectivity index (χ0) is 15.1. The van der Waals surface area contributed by atoms with Crippen LogP contribution >= 0.6 is 0 Å². The lowest BCUT2D eigenvalue weighted by atomic mass is 10.1. The first-order valence-corrected chi connectivity index (χ1v) is 6.69. The fraction of sp³-hybridized carbons (Fsp3) is 0.471. The van der Waals surface area contributed by atoms with Crippen LogP contribution in [-0.4, -0.2) is 19.2 Å². The standard InChI is InChI=1S/C17H22O3/c1-4-12-19-14-10-8-6-7-9-11-16(3)15-17(18)20-13-5-2/h2,9,11,15H,6-8,10,13-14H2,1,3H3. The molecule has 20 heavy (non-hydrogen) atoms. The quantitative estimate of drug-likeness (QED) is 0.213. The molecule has 0 aliphatic rings. The first-order valence-electron chi connectivity index (χ1n) is 6.69. The van der Waals surface area contributed by atoms with Gasteiger partial charge in [0, 0.05) is 13.0 Å². The second kappa shape index (κ2) is 13.3. The molecule has 0 amide bonds. The molecule has 0 heterocycles. The van der Waals surface area contributed by atoms with Crippen molar-refractivity contribution in [2.75, 3.05) is 13.2 Å². The molecule has 108 valence electrons. The van der Waals surface area contributed by atoms with Crippen LogP contribution in [-0.2, 0) is 14.3 Å². The number of carbonyl (C=O) groups is 1. The van der Waals surface area contributed by atoms with Crippen molar-refractivity contribution in [3.05, 3.63) is 23.8 Å². The number of hydrogen-bond donors (Lipinski definition) is 0. The molecule has 0 saturated heterocycles. The maximum Gasteiger partial charge on any atom is 0.331 e. The molecule has 0 N–H and O–H groups in total. The third-order valence-corrected chi connectivity index (χ3v) is 2.32. The predicted octanol–water partition coefficient (Wildman–Crippen LogP) is 3.22. The molecule has 0 bridgehead atoms. The number of hydrogen-bond acceptors (Lipinski definition) is 3. The number of allylic oxidation sites excluding steroid dienone is 3. The van der Waals surface area contributed by atoms with Crippen molar-refractivity contribution < 1.29 is 14.3 Å². The molecule has 0 aliphatic heterocycles. The SMILES string of the molecule is C#CCOC(=O)C=C(C)C=CCCCCCOC#CC. The maximum atomic E-state index is 11.2. The average molecular weight is 274 g/mol.